The lowest BCUT2D eigenvalue weighted by Gasteiger charge is -2.13. The fourth-order valence-electron chi connectivity index (χ4n) is 2.11. The Hall–Kier alpha value is -1.43. The minimum Gasteiger partial charge on any atom is -0.460 e. The highest BCUT2D eigenvalue weighted by Gasteiger charge is 2.14. The normalized spacial score (nSPS) is 12.4. The Balaban J connectivity index is 2.46. The van der Waals surface area contributed by atoms with Gasteiger partial charge in [0.2, 0.25) is 0 Å². The molecule has 1 heterocycles. The average Bonchev–Trinajstić information content (AvgIpc) is 2.86. The second-order valence-electron chi connectivity index (χ2n) is 4.60. The number of nitrogens with zero attached hydrogens (tertiary/aromatic N) is 2. The van der Waals surface area contributed by atoms with Gasteiger partial charge in [0, 0.05) is 6.42 Å². The largest absolute Gasteiger partial charge is 0.460 e. The summed E-state index contributed by atoms with van der Waals surface area (Å²) < 4.78 is 4.84. The summed E-state index contributed by atoms with van der Waals surface area (Å²) in [5, 5.41) is 6.66. The minimum atomic E-state index is -0.475. The molecule has 0 fully saturated rings. The molecule has 0 bridgehead atoms. The van der Waals surface area contributed by atoms with Crippen molar-refractivity contribution < 1.29 is 9.53 Å². The summed E-state index contributed by atoms with van der Waals surface area (Å²) in [6.07, 6.45) is 5.18. The van der Waals surface area contributed by atoms with Crippen LogP contribution in [-0.4, -0.2) is 34.3 Å². The molecule has 1 unspecified atom stereocenters. The zero-order valence-electron chi connectivity index (χ0n) is 11.8. The molecule has 6 heteroatoms. The van der Waals surface area contributed by atoms with Crippen molar-refractivity contribution in [1.82, 2.24) is 15.2 Å². The lowest BCUT2D eigenvalue weighted by atomic mass is 9.94. The molecule has 108 valence electrons. The summed E-state index contributed by atoms with van der Waals surface area (Å²) in [6.45, 7) is 4.98. The predicted octanol–water partition coefficient (Wildman–Crippen LogP) is 1.68. The molecular weight excluding hydrogens is 244 g/mol. The molecule has 1 aromatic rings. The minimum absolute atomic E-state index is 0.114. The second kappa shape index (κ2) is 8.63. The molecular formula is C13H24N4O2. The number of aromatic nitrogens is 3. The molecule has 1 atom stereocenters. The summed E-state index contributed by atoms with van der Waals surface area (Å²) in [5.41, 5.74) is 5.61. The van der Waals surface area contributed by atoms with Crippen molar-refractivity contribution in [2.24, 2.45) is 11.7 Å². The lowest BCUT2D eigenvalue weighted by Crippen LogP contribution is -2.10. The standard InChI is InChI=1S/C13H24N4O2/c1-3-5-10(8-9-14)6-7-11-15-12(17-16-11)13(18)19-4-2/h10H,3-9,14H2,1-2H3,(H,15,16,17). The molecule has 0 radical (unpaired) electrons. The van der Waals surface area contributed by atoms with E-state index >= 15 is 0 Å². The number of nitrogens with two attached hydrogens (primary N) is 1. The van der Waals surface area contributed by atoms with E-state index in [1.54, 1.807) is 6.92 Å². The summed E-state index contributed by atoms with van der Waals surface area (Å²) >= 11 is 0. The first-order chi connectivity index (χ1) is 9.21. The van der Waals surface area contributed by atoms with Crippen LogP contribution in [-0.2, 0) is 11.2 Å². The van der Waals surface area contributed by atoms with Gasteiger partial charge in [-0.2, -0.15) is 0 Å². The van der Waals surface area contributed by atoms with Gasteiger partial charge < -0.3 is 10.5 Å². The number of rotatable bonds is 9. The van der Waals surface area contributed by atoms with E-state index in [9.17, 15) is 4.79 Å². The molecule has 0 aromatic carbocycles. The molecule has 0 saturated carbocycles. The third-order valence-electron chi connectivity index (χ3n) is 3.05. The summed E-state index contributed by atoms with van der Waals surface area (Å²) in [5.74, 6) is 0.993. The fourth-order valence-corrected chi connectivity index (χ4v) is 2.11. The number of H-pyrrole nitrogens is 1. The number of ether oxygens (including phenoxy) is 1. The smallest absolute Gasteiger partial charge is 0.378 e. The van der Waals surface area contributed by atoms with Gasteiger partial charge >= 0.3 is 5.97 Å². The average molecular weight is 268 g/mol. The monoisotopic (exact) mass is 268 g/mol. The summed E-state index contributed by atoms with van der Waals surface area (Å²) in [7, 11) is 0. The summed E-state index contributed by atoms with van der Waals surface area (Å²) in [4.78, 5) is 15.6. The number of esters is 1. The molecule has 0 amide bonds. The van der Waals surface area contributed by atoms with Crippen molar-refractivity contribution in [2.45, 2.75) is 46.0 Å². The Bertz CT molecular complexity index is 372. The first-order valence-corrected chi connectivity index (χ1v) is 6.99. The number of carbonyl (C=O) groups excluding carboxylic acids is 1. The van der Waals surface area contributed by atoms with Crippen molar-refractivity contribution in [2.75, 3.05) is 13.2 Å². The first kappa shape index (κ1) is 15.6. The first-order valence-electron chi connectivity index (χ1n) is 6.99. The Morgan fingerprint density at radius 1 is 1.37 bits per heavy atom. The van der Waals surface area contributed by atoms with Crippen LogP contribution < -0.4 is 5.73 Å². The lowest BCUT2D eigenvalue weighted by molar-refractivity contribution is 0.0512. The van der Waals surface area contributed by atoms with Gasteiger partial charge in [0.25, 0.3) is 5.82 Å². The maximum atomic E-state index is 11.4. The molecule has 0 aliphatic heterocycles. The zero-order valence-corrected chi connectivity index (χ0v) is 11.8. The van der Waals surface area contributed by atoms with Gasteiger partial charge in [0.15, 0.2) is 0 Å². The Morgan fingerprint density at radius 2 is 2.16 bits per heavy atom. The van der Waals surface area contributed by atoms with Gasteiger partial charge in [-0.1, -0.05) is 19.8 Å². The Labute approximate surface area is 114 Å². The molecule has 6 nitrogen and oxygen atoms in total. The quantitative estimate of drug-likeness (QED) is 0.664. The highest BCUT2D eigenvalue weighted by atomic mass is 16.5. The molecule has 1 aromatic heterocycles. The number of hydrogen-bond donors (Lipinski definition) is 2. The van der Waals surface area contributed by atoms with Crippen molar-refractivity contribution in [3.63, 3.8) is 0 Å². The van der Waals surface area contributed by atoms with Gasteiger partial charge in [0.1, 0.15) is 5.82 Å². The van der Waals surface area contributed by atoms with Crippen molar-refractivity contribution in [3.05, 3.63) is 11.6 Å². The van der Waals surface area contributed by atoms with Crippen LogP contribution in [0.4, 0.5) is 0 Å². The van der Waals surface area contributed by atoms with Crippen LogP contribution in [0.2, 0.25) is 0 Å². The number of hydrogen-bond acceptors (Lipinski definition) is 5. The third-order valence-corrected chi connectivity index (χ3v) is 3.05. The second-order valence-corrected chi connectivity index (χ2v) is 4.60. The van der Waals surface area contributed by atoms with Crippen LogP contribution in [0.1, 0.15) is 56.0 Å². The van der Waals surface area contributed by atoms with Crippen molar-refractivity contribution in [1.29, 1.82) is 0 Å². The van der Waals surface area contributed by atoms with Crippen LogP contribution >= 0.6 is 0 Å². The van der Waals surface area contributed by atoms with Crippen LogP contribution in [0.15, 0.2) is 0 Å². The van der Waals surface area contributed by atoms with E-state index in [-0.39, 0.29) is 5.82 Å². The SMILES string of the molecule is CCCC(CCN)CCc1nc(C(=O)OCC)n[nH]1. The number of carbonyl (C=O) groups is 1. The highest BCUT2D eigenvalue weighted by molar-refractivity contribution is 5.84. The van der Waals surface area contributed by atoms with E-state index in [1.165, 1.54) is 6.42 Å². The van der Waals surface area contributed by atoms with Gasteiger partial charge in [-0.3, -0.25) is 5.10 Å². The van der Waals surface area contributed by atoms with Crippen molar-refractivity contribution in [3.8, 4) is 0 Å². The molecule has 1 rings (SSSR count). The van der Waals surface area contributed by atoms with Crippen LogP contribution in [0, 0.1) is 5.92 Å². The maximum absolute atomic E-state index is 11.4. The summed E-state index contributed by atoms with van der Waals surface area (Å²) in [6, 6.07) is 0. The van der Waals surface area contributed by atoms with Gasteiger partial charge in [0.05, 0.1) is 6.61 Å². The molecule has 0 spiro atoms. The fraction of sp³-hybridized carbons (Fsp3) is 0.769. The van der Waals surface area contributed by atoms with Gasteiger partial charge in [-0.25, -0.2) is 9.78 Å². The van der Waals surface area contributed by atoms with Crippen molar-refractivity contribution >= 4 is 5.97 Å². The molecule has 0 aliphatic rings. The van der Waals surface area contributed by atoms with E-state index in [0.29, 0.717) is 12.5 Å². The third kappa shape index (κ3) is 5.38. The molecule has 19 heavy (non-hydrogen) atoms. The van der Waals surface area contributed by atoms with Crippen LogP contribution in [0.3, 0.4) is 0 Å². The van der Waals surface area contributed by atoms with E-state index in [2.05, 4.69) is 22.1 Å². The molecule has 3 N–H and O–H groups in total. The Morgan fingerprint density at radius 3 is 2.79 bits per heavy atom. The maximum Gasteiger partial charge on any atom is 0.378 e. The number of nitrogens with one attached hydrogen (secondary N) is 1. The van der Waals surface area contributed by atoms with Gasteiger partial charge in [-0.05, 0) is 32.2 Å². The number of aryl methyl sites for hydroxylation is 1. The van der Waals surface area contributed by atoms with Crippen LogP contribution in [0.5, 0.6) is 0 Å². The molecule has 0 saturated heterocycles. The van der Waals surface area contributed by atoms with E-state index < -0.39 is 5.97 Å². The van der Waals surface area contributed by atoms with Crippen LogP contribution in [0.25, 0.3) is 0 Å². The molecule has 0 aliphatic carbocycles. The topological polar surface area (TPSA) is 93.9 Å². The zero-order chi connectivity index (χ0) is 14.1. The highest BCUT2D eigenvalue weighted by Crippen LogP contribution is 2.16. The predicted molar refractivity (Wildman–Crippen MR) is 72.7 cm³/mol. The van der Waals surface area contributed by atoms with E-state index in [1.807, 2.05) is 0 Å². The van der Waals surface area contributed by atoms with Gasteiger partial charge in [-0.15, -0.1) is 5.10 Å². The van der Waals surface area contributed by atoms with E-state index in [0.717, 1.165) is 38.1 Å². The number of aromatic amines is 1. The Kier molecular flexibility index (Phi) is 7.10. The van der Waals surface area contributed by atoms with E-state index in [4.69, 9.17) is 10.5 Å².